The number of rotatable bonds is 10. The number of benzene rings is 1. The maximum absolute atomic E-state index is 12.3. The standard InChI is InChI=1S/C18H31N3O/c1-20(2)14-17(15-21(3)4)18(22)19-13-9-8-12-16-10-6-5-7-11-16/h5-7,10-11,17H,8-9,12-15H2,1-4H3,(H,19,22). The van der Waals surface area contributed by atoms with Crippen molar-refractivity contribution >= 4 is 5.91 Å². The van der Waals surface area contributed by atoms with E-state index in [2.05, 4.69) is 39.4 Å². The fourth-order valence-corrected chi connectivity index (χ4v) is 2.56. The van der Waals surface area contributed by atoms with Crippen molar-refractivity contribution in [2.45, 2.75) is 19.3 Å². The van der Waals surface area contributed by atoms with E-state index in [0.29, 0.717) is 0 Å². The lowest BCUT2D eigenvalue weighted by Crippen LogP contribution is -2.42. The number of carbonyl (C=O) groups is 1. The zero-order chi connectivity index (χ0) is 16.4. The van der Waals surface area contributed by atoms with Gasteiger partial charge in [-0.3, -0.25) is 4.79 Å². The summed E-state index contributed by atoms with van der Waals surface area (Å²) in [5, 5.41) is 3.09. The van der Waals surface area contributed by atoms with Gasteiger partial charge in [-0.15, -0.1) is 0 Å². The summed E-state index contributed by atoms with van der Waals surface area (Å²) >= 11 is 0. The maximum atomic E-state index is 12.3. The normalized spacial score (nSPS) is 11.4. The van der Waals surface area contributed by atoms with Gasteiger partial charge in [0.1, 0.15) is 0 Å². The van der Waals surface area contributed by atoms with Gasteiger partial charge in [0.25, 0.3) is 0 Å². The van der Waals surface area contributed by atoms with Gasteiger partial charge in [0.2, 0.25) is 5.91 Å². The second kappa shape index (κ2) is 10.4. The third-order valence-corrected chi connectivity index (χ3v) is 3.58. The molecule has 1 aromatic rings. The predicted molar refractivity (Wildman–Crippen MR) is 93.0 cm³/mol. The van der Waals surface area contributed by atoms with Gasteiger partial charge in [-0.1, -0.05) is 30.3 Å². The van der Waals surface area contributed by atoms with Gasteiger partial charge in [0, 0.05) is 19.6 Å². The van der Waals surface area contributed by atoms with Gasteiger partial charge in [0.15, 0.2) is 0 Å². The minimum absolute atomic E-state index is 0.0270. The van der Waals surface area contributed by atoms with Crippen molar-refractivity contribution in [3.8, 4) is 0 Å². The quantitative estimate of drug-likeness (QED) is 0.670. The smallest absolute Gasteiger partial charge is 0.225 e. The number of carbonyl (C=O) groups excluding carboxylic acids is 1. The Hall–Kier alpha value is -1.39. The molecule has 0 unspecified atom stereocenters. The second-order valence-electron chi connectivity index (χ2n) is 6.46. The fourth-order valence-electron chi connectivity index (χ4n) is 2.56. The van der Waals surface area contributed by atoms with E-state index in [4.69, 9.17) is 0 Å². The Balaban J connectivity index is 2.24. The van der Waals surface area contributed by atoms with Gasteiger partial charge in [-0.05, 0) is 53.0 Å². The van der Waals surface area contributed by atoms with E-state index in [1.54, 1.807) is 0 Å². The largest absolute Gasteiger partial charge is 0.356 e. The van der Waals surface area contributed by atoms with Crippen molar-refractivity contribution in [1.82, 2.24) is 15.1 Å². The molecule has 0 fully saturated rings. The Labute approximate surface area is 135 Å². The molecule has 1 rings (SSSR count). The van der Waals surface area contributed by atoms with Crippen LogP contribution in [0.2, 0.25) is 0 Å². The maximum Gasteiger partial charge on any atom is 0.225 e. The first-order valence-electron chi connectivity index (χ1n) is 8.10. The van der Waals surface area contributed by atoms with Crippen LogP contribution >= 0.6 is 0 Å². The van der Waals surface area contributed by atoms with Crippen molar-refractivity contribution in [2.75, 3.05) is 47.8 Å². The lowest BCUT2D eigenvalue weighted by Gasteiger charge is -2.23. The highest BCUT2D eigenvalue weighted by molar-refractivity contribution is 5.79. The van der Waals surface area contributed by atoms with Crippen LogP contribution in [-0.4, -0.2) is 63.5 Å². The monoisotopic (exact) mass is 305 g/mol. The van der Waals surface area contributed by atoms with Crippen LogP contribution in [0.3, 0.4) is 0 Å². The minimum Gasteiger partial charge on any atom is -0.356 e. The number of nitrogens with zero attached hydrogens (tertiary/aromatic N) is 2. The number of hydrogen-bond acceptors (Lipinski definition) is 3. The molecule has 124 valence electrons. The predicted octanol–water partition coefficient (Wildman–Crippen LogP) is 1.86. The van der Waals surface area contributed by atoms with Gasteiger partial charge in [-0.25, -0.2) is 0 Å². The first-order chi connectivity index (χ1) is 10.5. The average molecular weight is 305 g/mol. The van der Waals surface area contributed by atoms with E-state index >= 15 is 0 Å². The Morgan fingerprint density at radius 3 is 2.14 bits per heavy atom. The van der Waals surface area contributed by atoms with Crippen molar-refractivity contribution in [1.29, 1.82) is 0 Å². The van der Waals surface area contributed by atoms with E-state index in [1.165, 1.54) is 5.56 Å². The van der Waals surface area contributed by atoms with Crippen molar-refractivity contribution in [3.05, 3.63) is 35.9 Å². The molecule has 22 heavy (non-hydrogen) atoms. The van der Waals surface area contributed by atoms with Crippen LogP contribution in [0, 0.1) is 5.92 Å². The summed E-state index contributed by atoms with van der Waals surface area (Å²) in [6.45, 7) is 2.34. The molecule has 0 saturated heterocycles. The van der Waals surface area contributed by atoms with Crippen LogP contribution in [0.5, 0.6) is 0 Å². The van der Waals surface area contributed by atoms with E-state index in [1.807, 2.05) is 34.3 Å². The van der Waals surface area contributed by atoms with Gasteiger partial charge in [-0.2, -0.15) is 0 Å². The highest BCUT2D eigenvalue weighted by atomic mass is 16.1. The number of unbranched alkanes of at least 4 members (excludes halogenated alkanes) is 1. The number of aryl methyl sites for hydroxylation is 1. The van der Waals surface area contributed by atoms with Crippen molar-refractivity contribution < 1.29 is 4.79 Å². The van der Waals surface area contributed by atoms with E-state index in [-0.39, 0.29) is 11.8 Å². The summed E-state index contributed by atoms with van der Waals surface area (Å²) in [5.41, 5.74) is 1.37. The average Bonchev–Trinajstić information content (AvgIpc) is 2.46. The zero-order valence-electron chi connectivity index (χ0n) is 14.5. The molecule has 0 spiro atoms. The Kier molecular flexibility index (Phi) is 8.78. The van der Waals surface area contributed by atoms with E-state index in [9.17, 15) is 4.79 Å². The third kappa shape index (κ3) is 8.15. The molecular formula is C18H31N3O. The highest BCUT2D eigenvalue weighted by Crippen LogP contribution is 2.05. The van der Waals surface area contributed by atoms with Crippen LogP contribution in [0.25, 0.3) is 0 Å². The molecule has 1 aromatic carbocycles. The van der Waals surface area contributed by atoms with Crippen LogP contribution in [0.4, 0.5) is 0 Å². The molecule has 0 aliphatic carbocycles. The number of hydrogen-bond donors (Lipinski definition) is 1. The molecule has 0 aliphatic rings. The Bertz CT molecular complexity index is 408. The second-order valence-corrected chi connectivity index (χ2v) is 6.46. The molecule has 0 aromatic heterocycles. The topological polar surface area (TPSA) is 35.6 Å². The first-order valence-corrected chi connectivity index (χ1v) is 8.10. The van der Waals surface area contributed by atoms with Crippen LogP contribution in [0.15, 0.2) is 30.3 Å². The number of nitrogens with one attached hydrogen (secondary N) is 1. The molecule has 0 atom stereocenters. The molecule has 0 bridgehead atoms. The van der Waals surface area contributed by atoms with Gasteiger partial charge in [0.05, 0.1) is 5.92 Å². The molecule has 0 heterocycles. The van der Waals surface area contributed by atoms with Crippen LogP contribution in [0.1, 0.15) is 18.4 Å². The van der Waals surface area contributed by atoms with Crippen molar-refractivity contribution in [3.63, 3.8) is 0 Å². The molecular weight excluding hydrogens is 274 g/mol. The summed E-state index contributed by atoms with van der Waals surface area (Å²) in [7, 11) is 8.04. The van der Waals surface area contributed by atoms with Gasteiger partial charge >= 0.3 is 0 Å². The summed E-state index contributed by atoms with van der Waals surface area (Å²) in [6, 6.07) is 10.5. The Morgan fingerprint density at radius 1 is 1.00 bits per heavy atom. The highest BCUT2D eigenvalue weighted by Gasteiger charge is 2.19. The third-order valence-electron chi connectivity index (χ3n) is 3.58. The first kappa shape index (κ1) is 18.7. The molecule has 4 heteroatoms. The summed E-state index contributed by atoms with van der Waals surface area (Å²) in [4.78, 5) is 16.4. The van der Waals surface area contributed by atoms with E-state index in [0.717, 1.165) is 38.9 Å². The summed E-state index contributed by atoms with van der Waals surface area (Å²) in [6.07, 6.45) is 3.21. The molecule has 4 nitrogen and oxygen atoms in total. The van der Waals surface area contributed by atoms with E-state index < -0.39 is 0 Å². The molecule has 1 N–H and O–H groups in total. The lowest BCUT2D eigenvalue weighted by molar-refractivity contribution is -0.125. The van der Waals surface area contributed by atoms with Crippen molar-refractivity contribution in [2.24, 2.45) is 5.92 Å². The molecule has 1 amide bonds. The lowest BCUT2D eigenvalue weighted by atomic mass is 10.1. The number of amides is 1. The SMILES string of the molecule is CN(C)CC(CN(C)C)C(=O)NCCCCc1ccccc1. The molecule has 0 saturated carbocycles. The summed E-state index contributed by atoms with van der Waals surface area (Å²) in [5.74, 6) is 0.196. The Morgan fingerprint density at radius 2 is 1.59 bits per heavy atom. The zero-order valence-corrected chi connectivity index (χ0v) is 14.5. The minimum atomic E-state index is 0.0270. The summed E-state index contributed by atoms with van der Waals surface area (Å²) < 4.78 is 0. The van der Waals surface area contributed by atoms with Gasteiger partial charge < -0.3 is 15.1 Å². The molecule has 0 aliphatic heterocycles. The van der Waals surface area contributed by atoms with Crippen LogP contribution in [-0.2, 0) is 11.2 Å². The van der Waals surface area contributed by atoms with Crippen LogP contribution < -0.4 is 5.32 Å². The molecule has 0 radical (unpaired) electrons. The fraction of sp³-hybridized carbons (Fsp3) is 0.611.